The zero-order valence-corrected chi connectivity index (χ0v) is 15.4. The molecule has 1 saturated heterocycles. The SMILES string of the molecule is CN1CC(NC(=O)c2cc(-c3cnn4cc(-c5cn[nH]c5)cnc34)cs2)C1. The summed E-state index contributed by atoms with van der Waals surface area (Å²) < 4.78 is 1.75. The molecule has 0 aliphatic carbocycles. The minimum Gasteiger partial charge on any atom is -0.346 e. The van der Waals surface area contributed by atoms with Gasteiger partial charge in [0.05, 0.1) is 23.3 Å². The highest BCUT2D eigenvalue weighted by atomic mass is 32.1. The van der Waals surface area contributed by atoms with Crippen LogP contribution in [0.2, 0.25) is 0 Å². The van der Waals surface area contributed by atoms with Crippen LogP contribution in [0.1, 0.15) is 9.67 Å². The molecule has 0 radical (unpaired) electrons. The second-order valence-corrected chi connectivity index (χ2v) is 7.66. The molecule has 0 atom stereocenters. The van der Waals surface area contributed by atoms with Gasteiger partial charge in [0, 0.05) is 48.4 Å². The van der Waals surface area contributed by atoms with E-state index >= 15 is 0 Å². The first-order valence-corrected chi connectivity index (χ1v) is 9.46. The lowest BCUT2D eigenvalue weighted by atomic mass is 10.1. The fourth-order valence-electron chi connectivity index (χ4n) is 3.28. The van der Waals surface area contributed by atoms with Crippen molar-refractivity contribution < 1.29 is 4.79 Å². The van der Waals surface area contributed by atoms with E-state index in [0.29, 0.717) is 4.88 Å². The van der Waals surface area contributed by atoms with Crippen LogP contribution in [0.4, 0.5) is 0 Å². The number of aromatic nitrogens is 5. The van der Waals surface area contributed by atoms with Gasteiger partial charge in [-0.15, -0.1) is 11.3 Å². The van der Waals surface area contributed by atoms with Gasteiger partial charge in [0.2, 0.25) is 0 Å². The molecule has 1 aliphatic heterocycles. The molecule has 0 saturated carbocycles. The van der Waals surface area contributed by atoms with Crippen molar-refractivity contribution >= 4 is 22.9 Å². The van der Waals surface area contributed by atoms with E-state index in [1.54, 1.807) is 23.1 Å². The number of fused-ring (bicyclic) bond motifs is 1. The summed E-state index contributed by atoms with van der Waals surface area (Å²) in [5.74, 6) is -0.0176. The number of thiophene rings is 1. The Kier molecular flexibility index (Phi) is 3.76. The van der Waals surface area contributed by atoms with E-state index in [1.165, 1.54) is 11.3 Å². The molecule has 136 valence electrons. The van der Waals surface area contributed by atoms with Crippen molar-refractivity contribution in [3.63, 3.8) is 0 Å². The van der Waals surface area contributed by atoms with Crippen LogP contribution in [-0.2, 0) is 0 Å². The fourth-order valence-corrected chi connectivity index (χ4v) is 4.09. The molecule has 0 unspecified atom stereocenters. The van der Waals surface area contributed by atoms with Gasteiger partial charge in [0.15, 0.2) is 5.65 Å². The first kappa shape index (κ1) is 16.2. The Labute approximate surface area is 158 Å². The van der Waals surface area contributed by atoms with Gasteiger partial charge in [0.1, 0.15) is 0 Å². The summed E-state index contributed by atoms with van der Waals surface area (Å²) >= 11 is 1.44. The van der Waals surface area contributed by atoms with Crippen LogP contribution in [0.3, 0.4) is 0 Å². The number of nitrogens with zero attached hydrogens (tertiary/aromatic N) is 5. The van der Waals surface area contributed by atoms with Gasteiger partial charge in [-0.25, -0.2) is 9.50 Å². The lowest BCUT2D eigenvalue weighted by Gasteiger charge is -2.36. The zero-order chi connectivity index (χ0) is 18.4. The number of hydrogen-bond donors (Lipinski definition) is 2. The molecule has 1 aliphatic rings. The van der Waals surface area contributed by atoms with Gasteiger partial charge in [-0.3, -0.25) is 9.89 Å². The van der Waals surface area contributed by atoms with Crippen LogP contribution in [-0.4, -0.2) is 61.8 Å². The third-order valence-electron chi connectivity index (χ3n) is 4.72. The van der Waals surface area contributed by atoms with Crippen LogP contribution >= 0.6 is 11.3 Å². The lowest BCUT2D eigenvalue weighted by Crippen LogP contribution is -2.57. The largest absolute Gasteiger partial charge is 0.346 e. The standard InChI is InChI=1S/C18H17N7OS/c1-24-8-14(9-24)23-18(26)16-2-11(10-27-16)15-6-22-25-7-13(3-19-17(15)25)12-4-20-21-5-12/h2-7,10,14H,8-9H2,1H3,(H,20,21)(H,23,26). The Morgan fingerprint density at radius 1 is 1.26 bits per heavy atom. The number of likely N-dealkylation sites (tertiary alicyclic amines) is 1. The van der Waals surface area contributed by atoms with Crippen LogP contribution in [0.15, 0.2) is 42.4 Å². The van der Waals surface area contributed by atoms with E-state index in [0.717, 1.165) is 41.0 Å². The molecule has 2 N–H and O–H groups in total. The topological polar surface area (TPSA) is 91.2 Å². The maximum atomic E-state index is 12.4. The minimum absolute atomic E-state index is 0.0176. The summed E-state index contributed by atoms with van der Waals surface area (Å²) in [6.07, 6.45) is 9.07. The lowest BCUT2D eigenvalue weighted by molar-refractivity contribution is 0.0862. The van der Waals surface area contributed by atoms with Crippen molar-refractivity contribution in [3.05, 3.63) is 47.3 Å². The molecule has 0 spiro atoms. The first-order chi connectivity index (χ1) is 13.2. The van der Waals surface area contributed by atoms with Crippen LogP contribution in [0, 0.1) is 0 Å². The molecule has 8 nitrogen and oxygen atoms in total. The Balaban J connectivity index is 1.41. The van der Waals surface area contributed by atoms with Gasteiger partial charge >= 0.3 is 0 Å². The van der Waals surface area contributed by atoms with Crippen LogP contribution in [0.25, 0.3) is 27.9 Å². The van der Waals surface area contributed by atoms with Gasteiger partial charge in [-0.2, -0.15) is 10.2 Å². The van der Waals surface area contributed by atoms with Gasteiger partial charge in [-0.05, 0) is 24.1 Å². The number of carbonyl (C=O) groups is 1. The number of rotatable bonds is 4. The Bertz CT molecular complexity index is 1110. The van der Waals surface area contributed by atoms with Crippen molar-refractivity contribution in [1.82, 2.24) is 35.0 Å². The summed E-state index contributed by atoms with van der Waals surface area (Å²) in [7, 11) is 2.04. The molecule has 0 bridgehead atoms. The van der Waals surface area contributed by atoms with Crippen LogP contribution < -0.4 is 5.32 Å². The highest BCUT2D eigenvalue weighted by Crippen LogP contribution is 2.29. The summed E-state index contributed by atoms with van der Waals surface area (Å²) in [6, 6.07) is 2.15. The zero-order valence-electron chi connectivity index (χ0n) is 14.6. The van der Waals surface area contributed by atoms with Gasteiger partial charge in [-0.1, -0.05) is 0 Å². The molecular formula is C18H17N7OS. The number of H-pyrrole nitrogens is 1. The highest BCUT2D eigenvalue weighted by molar-refractivity contribution is 7.12. The molecule has 1 amide bonds. The Morgan fingerprint density at radius 2 is 2.15 bits per heavy atom. The normalized spacial score (nSPS) is 15.1. The molecule has 27 heavy (non-hydrogen) atoms. The number of hydrogen-bond acceptors (Lipinski definition) is 6. The molecule has 1 fully saturated rings. The van der Waals surface area contributed by atoms with E-state index in [4.69, 9.17) is 0 Å². The van der Waals surface area contributed by atoms with Crippen molar-refractivity contribution in [2.24, 2.45) is 0 Å². The maximum Gasteiger partial charge on any atom is 0.261 e. The summed E-state index contributed by atoms with van der Waals surface area (Å²) in [5, 5.41) is 16.2. The second kappa shape index (κ2) is 6.29. The number of nitrogens with one attached hydrogen (secondary N) is 2. The van der Waals surface area contributed by atoms with Crippen molar-refractivity contribution in [2.75, 3.05) is 20.1 Å². The average molecular weight is 379 g/mol. The Hall–Kier alpha value is -3.04. The molecule has 9 heteroatoms. The van der Waals surface area contributed by atoms with Crippen LogP contribution in [0.5, 0.6) is 0 Å². The predicted octanol–water partition coefficient (Wildman–Crippen LogP) is 1.89. The summed E-state index contributed by atoms with van der Waals surface area (Å²) in [5.41, 5.74) is 4.51. The minimum atomic E-state index is -0.0176. The molecule has 4 aromatic heterocycles. The molecular weight excluding hydrogens is 362 g/mol. The van der Waals surface area contributed by atoms with E-state index < -0.39 is 0 Å². The summed E-state index contributed by atoms with van der Waals surface area (Å²) in [6.45, 7) is 1.81. The molecule has 0 aromatic carbocycles. The third kappa shape index (κ3) is 2.90. The van der Waals surface area contributed by atoms with Gasteiger partial charge < -0.3 is 10.2 Å². The average Bonchev–Trinajstić information content (AvgIpc) is 3.38. The van der Waals surface area contributed by atoms with Crippen molar-refractivity contribution in [3.8, 4) is 22.3 Å². The maximum absolute atomic E-state index is 12.4. The highest BCUT2D eigenvalue weighted by Gasteiger charge is 2.25. The number of likely N-dealkylation sites (N-methyl/N-ethyl adjacent to an activating group) is 1. The first-order valence-electron chi connectivity index (χ1n) is 8.58. The number of aromatic amines is 1. The fraction of sp³-hybridized carbons (Fsp3) is 0.222. The molecule has 5 rings (SSSR count). The monoisotopic (exact) mass is 379 g/mol. The van der Waals surface area contributed by atoms with Gasteiger partial charge in [0.25, 0.3) is 5.91 Å². The number of carbonyl (C=O) groups excluding carboxylic acids is 1. The third-order valence-corrected chi connectivity index (χ3v) is 5.65. The van der Waals surface area contributed by atoms with E-state index in [9.17, 15) is 4.79 Å². The number of amides is 1. The van der Waals surface area contributed by atoms with E-state index in [2.05, 4.69) is 30.5 Å². The Morgan fingerprint density at radius 3 is 2.93 bits per heavy atom. The van der Waals surface area contributed by atoms with E-state index in [-0.39, 0.29) is 11.9 Å². The second-order valence-electron chi connectivity index (χ2n) is 6.75. The van der Waals surface area contributed by atoms with E-state index in [1.807, 2.05) is 30.9 Å². The quantitative estimate of drug-likeness (QED) is 0.565. The van der Waals surface area contributed by atoms with Crippen molar-refractivity contribution in [2.45, 2.75) is 6.04 Å². The molecule has 4 aromatic rings. The predicted molar refractivity (Wildman–Crippen MR) is 103 cm³/mol. The van der Waals surface area contributed by atoms with Crippen molar-refractivity contribution in [1.29, 1.82) is 0 Å². The smallest absolute Gasteiger partial charge is 0.261 e. The molecule has 5 heterocycles. The summed E-state index contributed by atoms with van der Waals surface area (Å²) in [4.78, 5) is 19.9.